The topological polar surface area (TPSA) is 54.7 Å². The van der Waals surface area contributed by atoms with Gasteiger partial charge in [-0.2, -0.15) is 5.10 Å². The first kappa shape index (κ1) is 12.1. The summed E-state index contributed by atoms with van der Waals surface area (Å²) in [7, 11) is 0. The third kappa shape index (κ3) is 2.20. The smallest absolute Gasteiger partial charge is 0.149 e. The molecule has 0 atom stereocenters. The van der Waals surface area contributed by atoms with Crippen LogP contribution in [0.5, 0.6) is 0 Å². The number of rotatable bonds is 2. The van der Waals surface area contributed by atoms with E-state index in [2.05, 4.69) is 26.1 Å². The maximum absolute atomic E-state index is 13.0. The molecule has 0 aliphatic rings. The summed E-state index contributed by atoms with van der Waals surface area (Å²) in [5, 5.41) is 6.92. The zero-order valence-corrected chi connectivity index (χ0v) is 11.2. The van der Waals surface area contributed by atoms with Crippen molar-refractivity contribution in [3.8, 4) is 11.3 Å². The highest BCUT2D eigenvalue weighted by Gasteiger charge is 2.17. The maximum Gasteiger partial charge on any atom is 0.149 e. The van der Waals surface area contributed by atoms with Crippen molar-refractivity contribution in [2.75, 3.05) is 5.73 Å². The first-order chi connectivity index (χ1) is 8.00. The van der Waals surface area contributed by atoms with Crippen molar-refractivity contribution in [3.05, 3.63) is 34.1 Å². The fourth-order valence-electron chi connectivity index (χ4n) is 1.85. The Morgan fingerprint density at radius 2 is 2.12 bits per heavy atom. The van der Waals surface area contributed by atoms with Crippen LogP contribution >= 0.6 is 15.9 Å². The number of aromatic amines is 1. The van der Waals surface area contributed by atoms with Crippen LogP contribution in [0.3, 0.4) is 0 Å². The van der Waals surface area contributed by atoms with E-state index in [0.29, 0.717) is 10.3 Å². The second kappa shape index (κ2) is 4.49. The Balaban J connectivity index is 2.61. The molecule has 0 aliphatic carbocycles. The van der Waals surface area contributed by atoms with Crippen LogP contribution in [-0.2, 0) is 0 Å². The largest absolute Gasteiger partial charge is 0.382 e. The number of nitrogens with two attached hydrogens (primary N) is 1. The van der Waals surface area contributed by atoms with E-state index in [0.717, 1.165) is 16.8 Å². The van der Waals surface area contributed by atoms with E-state index in [1.54, 1.807) is 6.07 Å². The summed E-state index contributed by atoms with van der Waals surface area (Å²) in [5.74, 6) is 0.464. The minimum atomic E-state index is -0.279. The SMILES string of the molecule is CC(C)c1c(N)n[nH]c1-c1ccc(F)cc1Br. The lowest BCUT2D eigenvalue weighted by Gasteiger charge is -2.09. The van der Waals surface area contributed by atoms with Gasteiger partial charge in [0.25, 0.3) is 0 Å². The fraction of sp³-hybridized carbons (Fsp3) is 0.250. The van der Waals surface area contributed by atoms with E-state index < -0.39 is 0 Å². The third-order valence-corrected chi connectivity index (χ3v) is 3.27. The van der Waals surface area contributed by atoms with Gasteiger partial charge >= 0.3 is 0 Å². The molecule has 0 spiro atoms. The second-order valence-corrected chi connectivity index (χ2v) is 5.03. The number of anilines is 1. The molecule has 1 aromatic carbocycles. The Kier molecular flexibility index (Phi) is 3.19. The lowest BCUT2D eigenvalue weighted by molar-refractivity contribution is 0.627. The van der Waals surface area contributed by atoms with Gasteiger partial charge < -0.3 is 5.73 Å². The van der Waals surface area contributed by atoms with Gasteiger partial charge in [0.05, 0.1) is 5.69 Å². The van der Waals surface area contributed by atoms with E-state index in [1.807, 2.05) is 13.8 Å². The molecule has 0 saturated heterocycles. The third-order valence-electron chi connectivity index (χ3n) is 2.61. The summed E-state index contributed by atoms with van der Waals surface area (Å²) in [6, 6.07) is 4.55. The molecule has 3 nitrogen and oxygen atoms in total. The molecule has 0 unspecified atom stereocenters. The van der Waals surface area contributed by atoms with Crippen molar-refractivity contribution < 1.29 is 4.39 Å². The highest BCUT2D eigenvalue weighted by Crippen LogP contribution is 2.35. The highest BCUT2D eigenvalue weighted by molar-refractivity contribution is 9.10. The molecule has 5 heteroatoms. The average molecular weight is 298 g/mol. The number of nitrogen functional groups attached to an aromatic ring is 1. The summed E-state index contributed by atoms with van der Waals surface area (Å²) in [5.41, 5.74) is 8.48. The summed E-state index contributed by atoms with van der Waals surface area (Å²) < 4.78 is 13.7. The van der Waals surface area contributed by atoms with E-state index >= 15 is 0 Å². The Hall–Kier alpha value is -1.36. The molecule has 0 fully saturated rings. The molecule has 0 radical (unpaired) electrons. The van der Waals surface area contributed by atoms with E-state index in [9.17, 15) is 4.39 Å². The van der Waals surface area contributed by atoms with E-state index in [1.165, 1.54) is 12.1 Å². The van der Waals surface area contributed by atoms with Gasteiger partial charge in [-0.3, -0.25) is 5.10 Å². The highest BCUT2D eigenvalue weighted by atomic mass is 79.9. The molecule has 0 bridgehead atoms. The molecule has 17 heavy (non-hydrogen) atoms. The number of H-pyrrole nitrogens is 1. The molecule has 1 heterocycles. The van der Waals surface area contributed by atoms with Gasteiger partial charge in [0, 0.05) is 15.6 Å². The molecule has 0 aliphatic heterocycles. The van der Waals surface area contributed by atoms with Crippen LogP contribution in [0.2, 0.25) is 0 Å². The van der Waals surface area contributed by atoms with Crippen molar-refractivity contribution in [3.63, 3.8) is 0 Å². The van der Waals surface area contributed by atoms with E-state index in [4.69, 9.17) is 5.73 Å². The standard InChI is InChI=1S/C12H13BrFN3/c1-6(2)10-11(16-17-12(10)15)8-4-3-7(14)5-9(8)13/h3-6H,1-2H3,(H3,15,16,17). The molecule has 2 aromatic rings. The summed E-state index contributed by atoms with van der Waals surface area (Å²) in [6.45, 7) is 4.09. The zero-order valence-electron chi connectivity index (χ0n) is 9.59. The minimum Gasteiger partial charge on any atom is -0.382 e. The molecule has 0 saturated carbocycles. The number of nitrogens with zero attached hydrogens (tertiary/aromatic N) is 1. The summed E-state index contributed by atoms with van der Waals surface area (Å²) >= 11 is 3.35. The van der Waals surface area contributed by atoms with Gasteiger partial charge in [0.2, 0.25) is 0 Å². The van der Waals surface area contributed by atoms with Crippen molar-refractivity contribution in [1.29, 1.82) is 0 Å². The first-order valence-electron chi connectivity index (χ1n) is 5.30. The van der Waals surface area contributed by atoms with Crippen LogP contribution in [0.1, 0.15) is 25.3 Å². The van der Waals surface area contributed by atoms with Crippen molar-refractivity contribution >= 4 is 21.7 Å². The van der Waals surface area contributed by atoms with Gasteiger partial charge in [0.1, 0.15) is 11.6 Å². The molecule has 3 N–H and O–H groups in total. The summed E-state index contributed by atoms with van der Waals surface area (Å²) in [4.78, 5) is 0. The van der Waals surface area contributed by atoms with Gasteiger partial charge in [-0.1, -0.05) is 13.8 Å². The number of nitrogens with one attached hydrogen (secondary N) is 1. The van der Waals surface area contributed by atoms with Crippen LogP contribution < -0.4 is 5.73 Å². The maximum atomic E-state index is 13.0. The van der Waals surface area contributed by atoms with Crippen LogP contribution in [0.4, 0.5) is 10.2 Å². The minimum absolute atomic E-state index is 0.251. The first-order valence-corrected chi connectivity index (χ1v) is 6.09. The predicted octanol–water partition coefficient (Wildman–Crippen LogP) is 3.68. The summed E-state index contributed by atoms with van der Waals surface area (Å²) in [6.07, 6.45) is 0. The van der Waals surface area contributed by atoms with Gasteiger partial charge in [0.15, 0.2) is 0 Å². The molecule has 0 amide bonds. The Bertz CT molecular complexity index is 549. The lowest BCUT2D eigenvalue weighted by Crippen LogP contribution is -1.95. The van der Waals surface area contributed by atoms with Gasteiger partial charge in [-0.15, -0.1) is 0 Å². The van der Waals surface area contributed by atoms with Crippen LogP contribution in [0.25, 0.3) is 11.3 Å². The van der Waals surface area contributed by atoms with Crippen LogP contribution in [0.15, 0.2) is 22.7 Å². The van der Waals surface area contributed by atoms with Gasteiger partial charge in [-0.05, 0) is 40.0 Å². The number of halogens is 2. The zero-order chi connectivity index (χ0) is 12.6. The van der Waals surface area contributed by atoms with Crippen molar-refractivity contribution in [2.24, 2.45) is 0 Å². The van der Waals surface area contributed by atoms with Crippen molar-refractivity contribution in [1.82, 2.24) is 10.2 Å². The number of hydrogen-bond acceptors (Lipinski definition) is 2. The average Bonchev–Trinajstić information content (AvgIpc) is 2.60. The Morgan fingerprint density at radius 1 is 1.41 bits per heavy atom. The number of benzene rings is 1. The van der Waals surface area contributed by atoms with E-state index in [-0.39, 0.29) is 11.7 Å². The van der Waals surface area contributed by atoms with Crippen LogP contribution in [-0.4, -0.2) is 10.2 Å². The van der Waals surface area contributed by atoms with Crippen molar-refractivity contribution in [2.45, 2.75) is 19.8 Å². The fourth-order valence-corrected chi connectivity index (χ4v) is 2.40. The Morgan fingerprint density at radius 3 is 2.71 bits per heavy atom. The molecule has 1 aromatic heterocycles. The quantitative estimate of drug-likeness (QED) is 0.888. The second-order valence-electron chi connectivity index (χ2n) is 4.18. The Labute approximate surface area is 107 Å². The number of hydrogen-bond donors (Lipinski definition) is 2. The van der Waals surface area contributed by atoms with Gasteiger partial charge in [-0.25, -0.2) is 4.39 Å². The lowest BCUT2D eigenvalue weighted by atomic mass is 9.99. The molecule has 2 rings (SSSR count). The predicted molar refractivity (Wildman–Crippen MR) is 70.2 cm³/mol. The number of aromatic nitrogens is 2. The molecular formula is C12H13BrFN3. The molecule has 90 valence electrons. The van der Waals surface area contributed by atoms with Crippen LogP contribution in [0, 0.1) is 5.82 Å². The molecular weight excluding hydrogens is 285 g/mol. The monoisotopic (exact) mass is 297 g/mol. The normalized spacial score (nSPS) is 11.1.